The molecule has 8 nitrogen and oxygen atoms in total. The molecule has 1 aromatic heterocycles. The monoisotopic (exact) mass is 384 g/mol. The quantitative estimate of drug-likeness (QED) is 0.714. The summed E-state index contributed by atoms with van der Waals surface area (Å²) in [6.45, 7) is 1.79. The molecular formula is C20H24N4O4. The van der Waals surface area contributed by atoms with E-state index in [2.05, 4.69) is 9.97 Å². The number of nitrogens with two attached hydrogens (primary N) is 1. The molecule has 1 spiro atoms. The van der Waals surface area contributed by atoms with Crippen LogP contribution >= 0.6 is 0 Å². The fourth-order valence-corrected chi connectivity index (χ4v) is 4.07. The van der Waals surface area contributed by atoms with Gasteiger partial charge in [0.2, 0.25) is 5.95 Å². The molecule has 28 heavy (non-hydrogen) atoms. The molecule has 2 aliphatic heterocycles. The Labute approximate surface area is 162 Å². The second-order valence-corrected chi connectivity index (χ2v) is 7.46. The number of aliphatic hydroxyl groups is 1. The van der Waals surface area contributed by atoms with Gasteiger partial charge in [-0.1, -0.05) is 12.1 Å². The number of benzene rings is 1. The number of piperidine rings is 1. The van der Waals surface area contributed by atoms with Gasteiger partial charge in [0, 0.05) is 36.9 Å². The zero-order valence-corrected chi connectivity index (χ0v) is 15.6. The average molecular weight is 384 g/mol. The average Bonchev–Trinajstić information content (AvgIpc) is 2.70. The molecule has 2 aromatic rings. The molecule has 4 N–H and O–H groups in total. The summed E-state index contributed by atoms with van der Waals surface area (Å²) in [4.78, 5) is 32.7. The standard InChI is InChI=1S/C20H24N4O4/c21-19-22-15(12-17(26)23-19)13-3-5-14(6-4-13)18(27)24-9-7-20(8-10-24)16(25)2-1-11-28-20/h3-6,12,16,25H,1-2,7-11H2,(H3,21,22,23,26). The molecule has 1 amide bonds. The number of hydrogen-bond acceptors (Lipinski definition) is 6. The molecule has 1 aromatic carbocycles. The van der Waals surface area contributed by atoms with E-state index in [0.717, 1.165) is 12.8 Å². The predicted octanol–water partition coefficient (Wildman–Crippen LogP) is 1.17. The zero-order valence-electron chi connectivity index (χ0n) is 15.6. The fraction of sp³-hybridized carbons (Fsp3) is 0.450. The van der Waals surface area contributed by atoms with E-state index < -0.39 is 11.7 Å². The molecule has 1 unspecified atom stereocenters. The van der Waals surface area contributed by atoms with Crippen molar-refractivity contribution in [1.82, 2.24) is 14.9 Å². The number of aromatic nitrogens is 2. The molecule has 2 saturated heterocycles. The number of ether oxygens (including phenoxy) is 1. The normalized spacial score (nSPS) is 21.6. The van der Waals surface area contributed by atoms with Crippen LogP contribution in [0, 0.1) is 0 Å². The zero-order chi connectivity index (χ0) is 19.7. The summed E-state index contributed by atoms with van der Waals surface area (Å²) in [7, 11) is 0. The second kappa shape index (κ2) is 7.37. The van der Waals surface area contributed by atoms with Gasteiger partial charge in [0.15, 0.2) is 0 Å². The lowest BCUT2D eigenvalue weighted by atomic mass is 9.82. The van der Waals surface area contributed by atoms with Crippen molar-refractivity contribution in [2.45, 2.75) is 37.4 Å². The van der Waals surface area contributed by atoms with Crippen LogP contribution in [0.5, 0.6) is 0 Å². The third-order valence-electron chi connectivity index (χ3n) is 5.70. The number of aliphatic hydroxyl groups excluding tert-OH is 1. The first-order valence-corrected chi connectivity index (χ1v) is 9.55. The third-order valence-corrected chi connectivity index (χ3v) is 5.70. The first-order valence-electron chi connectivity index (χ1n) is 9.55. The topological polar surface area (TPSA) is 122 Å². The Morgan fingerprint density at radius 2 is 2.00 bits per heavy atom. The maximum absolute atomic E-state index is 12.8. The highest BCUT2D eigenvalue weighted by atomic mass is 16.5. The summed E-state index contributed by atoms with van der Waals surface area (Å²) in [5.41, 5.74) is 6.52. The molecule has 3 heterocycles. The minimum Gasteiger partial charge on any atom is -0.390 e. The van der Waals surface area contributed by atoms with Gasteiger partial charge >= 0.3 is 0 Å². The van der Waals surface area contributed by atoms with E-state index in [-0.39, 0.29) is 17.4 Å². The lowest BCUT2D eigenvalue weighted by Gasteiger charge is -2.46. The molecule has 4 rings (SSSR count). The largest absolute Gasteiger partial charge is 0.390 e. The van der Waals surface area contributed by atoms with Gasteiger partial charge in [-0.15, -0.1) is 0 Å². The van der Waals surface area contributed by atoms with Crippen LogP contribution in [0.2, 0.25) is 0 Å². The van der Waals surface area contributed by atoms with Crippen LogP contribution < -0.4 is 11.3 Å². The van der Waals surface area contributed by atoms with Crippen LogP contribution in [0.25, 0.3) is 11.3 Å². The van der Waals surface area contributed by atoms with Crippen molar-refractivity contribution in [2.24, 2.45) is 0 Å². The molecule has 0 bridgehead atoms. The van der Waals surface area contributed by atoms with E-state index in [1.54, 1.807) is 29.2 Å². The van der Waals surface area contributed by atoms with E-state index in [1.807, 2.05) is 0 Å². The van der Waals surface area contributed by atoms with Gasteiger partial charge in [0.25, 0.3) is 11.5 Å². The number of H-pyrrole nitrogens is 1. The smallest absolute Gasteiger partial charge is 0.253 e. The number of anilines is 1. The Morgan fingerprint density at radius 3 is 2.64 bits per heavy atom. The van der Waals surface area contributed by atoms with Crippen LogP contribution in [0.4, 0.5) is 5.95 Å². The Morgan fingerprint density at radius 1 is 1.29 bits per heavy atom. The number of carbonyl (C=O) groups excluding carboxylic acids is 1. The van der Waals surface area contributed by atoms with Crippen LogP contribution in [0.1, 0.15) is 36.0 Å². The highest BCUT2D eigenvalue weighted by Crippen LogP contribution is 2.35. The number of nitrogens with one attached hydrogen (secondary N) is 1. The first kappa shape index (κ1) is 18.6. The van der Waals surface area contributed by atoms with E-state index in [0.29, 0.717) is 49.4 Å². The minimum atomic E-state index is -0.495. The first-order chi connectivity index (χ1) is 13.5. The van der Waals surface area contributed by atoms with Gasteiger partial charge < -0.3 is 20.5 Å². The van der Waals surface area contributed by atoms with E-state index >= 15 is 0 Å². The number of nitrogen functional groups attached to an aromatic ring is 1. The summed E-state index contributed by atoms with van der Waals surface area (Å²) in [6, 6.07) is 8.34. The van der Waals surface area contributed by atoms with Crippen molar-refractivity contribution < 1.29 is 14.6 Å². The predicted molar refractivity (Wildman–Crippen MR) is 104 cm³/mol. The fourth-order valence-electron chi connectivity index (χ4n) is 4.07. The minimum absolute atomic E-state index is 0.0509. The molecule has 148 valence electrons. The van der Waals surface area contributed by atoms with Crippen molar-refractivity contribution >= 4 is 11.9 Å². The molecule has 2 fully saturated rings. The molecule has 1 atom stereocenters. The van der Waals surface area contributed by atoms with Crippen LogP contribution in [0.15, 0.2) is 35.1 Å². The van der Waals surface area contributed by atoms with Crippen molar-refractivity contribution in [3.8, 4) is 11.3 Å². The summed E-state index contributed by atoms with van der Waals surface area (Å²) < 4.78 is 5.90. The number of carbonyl (C=O) groups is 1. The van der Waals surface area contributed by atoms with E-state index in [4.69, 9.17) is 10.5 Å². The summed E-state index contributed by atoms with van der Waals surface area (Å²) in [5, 5.41) is 10.3. The van der Waals surface area contributed by atoms with Gasteiger partial charge in [-0.2, -0.15) is 0 Å². The van der Waals surface area contributed by atoms with Gasteiger partial charge in [-0.3, -0.25) is 14.6 Å². The maximum atomic E-state index is 12.8. The number of hydrogen-bond donors (Lipinski definition) is 3. The molecule has 8 heteroatoms. The summed E-state index contributed by atoms with van der Waals surface area (Å²) >= 11 is 0. The number of likely N-dealkylation sites (tertiary alicyclic amines) is 1. The molecule has 0 radical (unpaired) electrons. The lowest BCUT2D eigenvalue weighted by Crippen LogP contribution is -2.56. The second-order valence-electron chi connectivity index (χ2n) is 7.46. The van der Waals surface area contributed by atoms with Crippen molar-refractivity contribution in [2.75, 3.05) is 25.4 Å². The Balaban J connectivity index is 1.45. The molecular weight excluding hydrogens is 360 g/mol. The van der Waals surface area contributed by atoms with E-state index in [9.17, 15) is 14.7 Å². The number of amides is 1. The van der Waals surface area contributed by atoms with E-state index in [1.165, 1.54) is 6.07 Å². The Bertz CT molecular complexity index is 917. The molecule has 2 aliphatic rings. The van der Waals surface area contributed by atoms with Crippen molar-refractivity contribution in [3.63, 3.8) is 0 Å². The van der Waals surface area contributed by atoms with Crippen LogP contribution in [-0.2, 0) is 4.74 Å². The Hall–Kier alpha value is -2.71. The molecule has 0 aliphatic carbocycles. The van der Waals surface area contributed by atoms with Crippen molar-refractivity contribution in [1.29, 1.82) is 0 Å². The van der Waals surface area contributed by atoms with Crippen molar-refractivity contribution in [3.05, 3.63) is 46.2 Å². The lowest BCUT2D eigenvalue weighted by molar-refractivity contribution is -0.174. The highest BCUT2D eigenvalue weighted by molar-refractivity contribution is 5.94. The maximum Gasteiger partial charge on any atom is 0.253 e. The SMILES string of the molecule is Nc1nc(-c2ccc(C(=O)N3CCC4(CC3)OCCCC4O)cc2)cc(=O)[nH]1. The Kier molecular flexibility index (Phi) is 4.91. The van der Waals surface area contributed by atoms with Gasteiger partial charge in [0.05, 0.1) is 17.4 Å². The highest BCUT2D eigenvalue weighted by Gasteiger charge is 2.44. The molecule has 0 saturated carbocycles. The van der Waals surface area contributed by atoms with Crippen LogP contribution in [-0.4, -0.2) is 57.3 Å². The summed E-state index contributed by atoms with van der Waals surface area (Å²) in [6.07, 6.45) is 2.48. The van der Waals surface area contributed by atoms with Gasteiger partial charge in [-0.05, 0) is 37.8 Å². The number of rotatable bonds is 2. The summed E-state index contributed by atoms with van der Waals surface area (Å²) in [5.74, 6) is 0.00194. The number of aromatic amines is 1. The van der Waals surface area contributed by atoms with Gasteiger partial charge in [-0.25, -0.2) is 4.98 Å². The third kappa shape index (κ3) is 3.53. The van der Waals surface area contributed by atoms with Gasteiger partial charge in [0.1, 0.15) is 0 Å². The number of nitrogens with zero attached hydrogens (tertiary/aromatic N) is 2. The van der Waals surface area contributed by atoms with Crippen LogP contribution in [0.3, 0.4) is 0 Å².